The SMILES string of the molecule is Cc1ccc(CN(Cc2ccc3c(c2)OCO3)C(=O)Nc2ccc(C#N)cc2)o1. The molecular formula is C22H19N3O4. The van der Waals surface area contributed by atoms with Crippen molar-refractivity contribution in [2.24, 2.45) is 0 Å². The van der Waals surface area contributed by atoms with Crippen LogP contribution in [-0.4, -0.2) is 17.7 Å². The molecule has 0 atom stereocenters. The Balaban J connectivity index is 1.53. The number of furan rings is 1. The smallest absolute Gasteiger partial charge is 0.322 e. The van der Waals surface area contributed by atoms with E-state index in [0.29, 0.717) is 41.6 Å². The number of fused-ring (bicyclic) bond motifs is 1. The summed E-state index contributed by atoms with van der Waals surface area (Å²) < 4.78 is 16.4. The lowest BCUT2D eigenvalue weighted by Crippen LogP contribution is -2.34. The number of carbonyl (C=O) groups is 1. The van der Waals surface area contributed by atoms with Crippen molar-refractivity contribution in [3.05, 3.63) is 77.2 Å². The van der Waals surface area contributed by atoms with Crippen LogP contribution in [0.1, 0.15) is 22.6 Å². The number of anilines is 1. The van der Waals surface area contributed by atoms with Gasteiger partial charge >= 0.3 is 6.03 Å². The molecule has 2 aromatic carbocycles. The highest BCUT2D eigenvalue weighted by atomic mass is 16.7. The second kappa shape index (κ2) is 7.98. The van der Waals surface area contributed by atoms with Crippen molar-refractivity contribution in [2.75, 3.05) is 12.1 Å². The van der Waals surface area contributed by atoms with Gasteiger partial charge in [-0.15, -0.1) is 0 Å². The molecule has 1 N–H and O–H groups in total. The lowest BCUT2D eigenvalue weighted by atomic mass is 10.2. The van der Waals surface area contributed by atoms with Gasteiger partial charge in [-0.2, -0.15) is 5.26 Å². The first-order valence-corrected chi connectivity index (χ1v) is 9.10. The Kier molecular flexibility index (Phi) is 5.08. The summed E-state index contributed by atoms with van der Waals surface area (Å²) in [4.78, 5) is 14.6. The van der Waals surface area contributed by atoms with Gasteiger partial charge in [0.1, 0.15) is 11.5 Å². The number of carbonyl (C=O) groups excluding carboxylic acids is 1. The molecule has 0 fully saturated rings. The molecule has 4 rings (SSSR count). The third-order valence-electron chi connectivity index (χ3n) is 4.51. The Morgan fingerprint density at radius 2 is 1.86 bits per heavy atom. The van der Waals surface area contributed by atoms with Gasteiger partial charge in [0.05, 0.1) is 18.2 Å². The van der Waals surface area contributed by atoms with Crippen LogP contribution in [0, 0.1) is 18.3 Å². The van der Waals surface area contributed by atoms with Crippen molar-refractivity contribution >= 4 is 11.7 Å². The standard InChI is InChI=1S/C22H19N3O4/c1-15-2-8-19(29-15)13-25(12-17-5-9-20-21(10-17)28-14-27-20)22(26)24-18-6-3-16(11-23)4-7-18/h2-10H,12-14H2,1H3,(H,24,26). The molecule has 0 aliphatic carbocycles. The number of nitrogens with one attached hydrogen (secondary N) is 1. The minimum atomic E-state index is -0.276. The summed E-state index contributed by atoms with van der Waals surface area (Å²) in [6, 6.07) is 17.8. The number of nitriles is 1. The Bertz CT molecular complexity index is 1070. The maximum atomic E-state index is 13.0. The van der Waals surface area contributed by atoms with Crippen molar-refractivity contribution < 1.29 is 18.7 Å². The predicted molar refractivity (Wildman–Crippen MR) is 105 cm³/mol. The first-order valence-electron chi connectivity index (χ1n) is 9.10. The van der Waals surface area contributed by atoms with Gasteiger partial charge in [-0.05, 0) is 61.0 Å². The molecule has 0 bridgehead atoms. The molecule has 0 radical (unpaired) electrons. The quantitative estimate of drug-likeness (QED) is 0.698. The third kappa shape index (κ3) is 4.33. The van der Waals surface area contributed by atoms with Crippen LogP contribution in [0.5, 0.6) is 11.5 Å². The van der Waals surface area contributed by atoms with Crippen LogP contribution in [0.25, 0.3) is 0 Å². The van der Waals surface area contributed by atoms with Crippen LogP contribution in [0.3, 0.4) is 0 Å². The van der Waals surface area contributed by atoms with Gasteiger partial charge in [0.15, 0.2) is 11.5 Å². The largest absolute Gasteiger partial charge is 0.464 e. The van der Waals surface area contributed by atoms with Crippen LogP contribution < -0.4 is 14.8 Å². The van der Waals surface area contributed by atoms with Crippen molar-refractivity contribution in [3.63, 3.8) is 0 Å². The van der Waals surface area contributed by atoms with Gasteiger partial charge in [-0.1, -0.05) is 6.07 Å². The molecule has 1 aliphatic rings. The van der Waals surface area contributed by atoms with Gasteiger partial charge in [-0.25, -0.2) is 4.79 Å². The Hall–Kier alpha value is -3.92. The summed E-state index contributed by atoms with van der Waals surface area (Å²) in [6.45, 7) is 2.73. The molecule has 29 heavy (non-hydrogen) atoms. The minimum absolute atomic E-state index is 0.202. The fourth-order valence-electron chi connectivity index (χ4n) is 3.05. The second-order valence-corrected chi connectivity index (χ2v) is 6.68. The van der Waals surface area contributed by atoms with Crippen molar-refractivity contribution in [2.45, 2.75) is 20.0 Å². The molecule has 7 heteroatoms. The summed E-state index contributed by atoms with van der Waals surface area (Å²) in [5.74, 6) is 2.85. The molecule has 146 valence electrons. The van der Waals surface area contributed by atoms with E-state index in [9.17, 15) is 4.79 Å². The maximum Gasteiger partial charge on any atom is 0.322 e. The van der Waals surface area contributed by atoms with Gasteiger partial charge in [0.2, 0.25) is 6.79 Å². The zero-order valence-electron chi connectivity index (χ0n) is 15.8. The van der Waals surface area contributed by atoms with E-state index in [2.05, 4.69) is 11.4 Å². The zero-order valence-corrected chi connectivity index (χ0v) is 15.8. The van der Waals surface area contributed by atoms with Crippen molar-refractivity contribution in [3.8, 4) is 17.6 Å². The van der Waals surface area contributed by atoms with Crippen LogP contribution >= 0.6 is 0 Å². The molecule has 2 amide bonds. The monoisotopic (exact) mass is 389 g/mol. The molecule has 0 spiro atoms. The number of amides is 2. The molecule has 7 nitrogen and oxygen atoms in total. The predicted octanol–water partition coefficient (Wildman–Crippen LogP) is 4.42. The van der Waals surface area contributed by atoms with Gasteiger partial charge in [0, 0.05) is 12.2 Å². The van der Waals surface area contributed by atoms with Crippen LogP contribution in [0.15, 0.2) is 59.0 Å². The molecule has 3 aromatic rings. The Morgan fingerprint density at radius 3 is 2.59 bits per heavy atom. The Labute approximate surface area is 168 Å². The summed E-state index contributed by atoms with van der Waals surface area (Å²) in [5.41, 5.74) is 2.05. The lowest BCUT2D eigenvalue weighted by Gasteiger charge is -2.22. The van der Waals surface area contributed by atoms with Gasteiger partial charge in [0.25, 0.3) is 0 Å². The van der Waals surface area contributed by atoms with Crippen LogP contribution in [-0.2, 0) is 13.1 Å². The summed E-state index contributed by atoms with van der Waals surface area (Å²) >= 11 is 0. The number of aryl methyl sites for hydroxylation is 1. The number of hydrogen-bond acceptors (Lipinski definition) is 5. The third-order valence-corrected chi connectivity index (χ3v) is 4.51. The first-order chi connectivity index (χ1) is 14.1. The minimum Gasteiger partial charge on any atom is -0.464 e. The van der Waals surface area contributed by atoms with E-state index in [1.165, 1.54) is 0 Å². The number of ether oxygens (including phenoxy) is 2. The van der Waals surface area contributed by atoms with E-state index in [0.717, 1.165) is 11.3 Å². The van der Waals surface area contributed by atoms with E-state index < -0.39 is 0 Å². The van der Waals surface area contributed by atoms with E-state index in [-0.39, 0.29) is 12.8 Å². The molecule has 1 aromatic heterocycles. The summed E-state index contributed by atoms with van der Waals surface area (Å²) in [7, 11) is 0. The second-order valence-electron chi connectivity index (χ2n) is 6.68. The normalized spacial score (nSPS) is 11.7. The fourth-order valence-corrected chi connectivity index (χ4v) is 3.05. The van der Waals surface area contributed by atoms with Crippen molar-refractivity contribution in [1.29, 1.82) is 5.26 Å². The highest BCUT2D eigenvalue weighted by Crippen LogP contribution is 2.33. The molecule has 1 aliphatic heterocycles. The molecule has 0 saturated carbocycles. The number of benzene rings is 2. The Morgan fingerprint density at radius 1 is 1.07 bits per heavy atom. The topological polar surface area (TPSA) is 87.7 Å². The highest BCUT2D eigenvalue weighted by Gasteiger charge is 2.19. The van der Waals surface area contributed by atoms with Gasteiger partial charge < -0.3 is 24.1 Å². The number of hydrogen-bond donors (Lipinski definition) is 1. The summed E-state index contributed by atoms with van der Waals surface area (Å²) in [5, 5.41) is 11.8. The van der Waals surface area contributed by atoms with Gasteiger partial charge in [-0.3, -0.25) is 0 Å². The number of nitrogens with zero attached hydrogens (tertiary/aromatic N) is 2. The molecule has 0 saturated heterocycles. The molecular weight excluding hydrogens is 370 g/mol. The van der Waals surface area contributed by atoms with E-state index in [1.807, 2.05) is 37.3 Å². The summed E-state index contributed by atoms with van der Waals surface area (Å²) in [6.07, 6.45) is 0. The average Bonchev–Trinajstić information content (AvgIpc) is 3.36. The lowest BCUT2D eigenvalue weighted by molar-refractivity contribution is 0.174. The first kappa shape index (κ1) is 18.4. The molecule has 2 heterocycles. The van der Waals surface area contributed by atoms with Crippen LogP contribution in [0.2, 0.25) is 0 Å². The fraction of sp³-hybridized carbons (Fsp3) is 0.182. The average molecular weight is 389 g/mol. The van der Waals surface area contributed by atoms with E-state index >= 15 is 0 Å². The van der Waals surface area contributed by atoms with Crippen molar-refractivity contribution in [1.82, 2.24) is 4.90 Å². The van der Waals surface area contributed by atoms with E-state index in [4.69, 9.17) is 19.2 Å². The zero-order chi connectivity index (χ0) is 20.2. The number of urea groups is 1. The van der Waals surface area contributed by atoms with E-state index in [1.54, 1.807) is 29.2 Å². The molecule has 0 unspecified atom stereocenters. The number of rotatable bonds is 5. The maximum absolute atomic E-state index is 13.0. The highest BCUT2D eigenvalue weighted by molar-refractivity contribution is 5.89. The van der Waals surface area contributed by atoms with Crippen LogP contribution in [0.4, 0.5) is 10.5 Å².